The molecule has 27 heavy (non-hydrogen) atoms. The van der Waals surface area contributed by atoms with Gasteiger partial charge in [0.25, 0.3) is 0 Å². The summed E-state index contributed by atoms with van der Waals surface area (Å²) in [5, 5.41) is 3.65. The van der Waals surface area contributed by atoms with E-state index in [2.05, 4.69) is 5.32 Å². The molecule has 0 saturated carbocycles. The predicted octanol–water partition coefficient (Wildman–Crippen LogP) is 6.65. The maximum Gasteiger partial charge on any atom is 0.326 e. The number of benzene rings is 3. The highest BCUT2D eigenvalue weighted by Crippen LogP contribution is 2.42. The van der Waals surface area contributed by atoms with Crippen molar-refractivity contribution in [1.29, 1.82) is 0 Å². The van der Waals surface area contributed by atoms with Crippen LogP contribution in [0.5, 0.6) is 0 Å². The highest BCUT2D eigenvalue weighted by Gasteiger charge is 2.28. The lowest BCUT2D eigenvalue weighted by Crippen LogP contribution is -2.41. The van der Waals surface area contributed by atoms with Gasteiger partial charge in [0.05, 0.1) is 21.4 Å². The Bertz CT molecular complexity index is 1010. The first kappa shape index (κ1) is 18.2. The van der Waals surface area contributed by atoms with E-state index in [0.29, 0.717) is 22.3 Å². The molecule has 1 heterocycles. The number of halogens is 3. The summed E-state index contributed by atoms with van der Waals surface area (Å²) in [6.07, 6.45) is 0. The topological polar surface area (TPSA) is 32.3 Å². The fourth-order valence-corrected chi connectivity index (χ4v) is 4.36. The SMILES string of the molecule is O=C1NCc2cc(Sc3ccc(F)cc3)ccc2N1c1c(Cl)cccc1Cl. The second kappa shape index (κ2) is 7.43. The molecule has 4 rings (SSSR count). The molecule has 1 N–H and O–H groups in total. The van der Waals surface area contributed by atoms with Crippen LogP contribution in [0.3, 0.4) is 0 Å². The van der Waals surface area contributed by atoms with Crippen molar-refractivity contribution in [3.05, 3.63) is 82.1 Å². The number of nitrogens with zero attached hydrogens (tertiary/aromatic N) is 1. The highest BCUT2D eigenvalue weighted by molar-refractivity contribution is 7.99. The zero-order valence-corrected chi connectivity index (χ0v) is 16.2. The van der Waals surface area contributed by atoms with Crippen LogP contribution in [0, 0.1) is 5.82 Å². The van der Waals surface area contributed by atoms with Gasteiger partial charge in [0.2, 0.25) is 0 Å². The summed E-state index contributed by atoms with van der Waals surface area (Å²) in [4.78, 5) is 15.9. The standard InChI is InChI=1S/C20H13Cl2FN2OS/c21-16-2-1-3-17(22)19(16)25-18-9-8-15(10-12(18)11-24-20(25)26)27-14-6-4-13(23)5-7-14/h1-10H,11H2,(H,24,26). The molecule has 0 fully saturated rings. The van der Waals surface area contributed by atoms with Crippen LogP contribution in [0.2, 0.25) is 10.0 Å². The molecule has 1 aliphatic heterocycles. The molecule has 0 aliphatic carbocycles. The van der Waals surface area contributed by atoms with Crippen LogP contribution in [0.4, 0.5) is 20.6 Å². The number of rotatable bonds is 3. The van der Waals surface area contributed by atoms with Crippen LogP contribution in [-0.4, -0.2) is 6.03 Å². The third kappa shape index (κ3) is 3.63. The van der Waals surface area contributed by atoms with Crippen molar-refractivity contribution in [2.45, 2.75) is 16.3 Å². The maximum absolute atomic E-state index is 13.1. The Kier molecular flexibility index (Phi) is 5.00. The molecule has 7 heteroatoms. The minimum Gasteiger partial charge on any atom is -0.333 e. The van der Waals surface area contributed by atoms with Gasteiger partial charge >= 0.3 is 6.03 Å². The Labute approximate surface area is 170 Å². The molecule has 0 aromatic heterocycles. The number of para-hydroxylation sites is 1. The van der Waals surface area contributed by atoms with E-state index in [1.54, 1.807) is 30.3 Å². The maximum atomic E-state index is 13.1. The molecule has 2 amide bonds. The lowest BCUT2D eigenvalue weighted by atomic mass is 10.1. The predicted molar refractivity (Wildman–Crippen MR) is 108 cm³/mol. The van der Waals surface area contributed by atoms with Gasteiger partial charge < -0.3 is 5.32 Å². The average molecular weight is 419 g/mol. The first-order valence-electron chi connectivity index (χ1n) is 8.11. The summed E-state index contributed by atoms with van der Waals surface area (Å²) >= 11 is 14.1. The number of hydrogen-bond acceptors (Lipinski definition) is 2. The second-order valence-electron chi connectivity index (χ2n) is 5.91. The zero-order valence-electron chi connectivity index (χ0n) is 13.9. The molecule has 0 unspecified atom stereocenters. The van der Waals surface area contributed by atoms with E-state index >= 15 is 0 Å². The van der Waals surface area contributed by atoms with Gasteiger partial charge in [-0.25, -0.2) is 9.18 Å². The van der Waals surface area contributed by atoms with Crippen molar-refractivity contribution in [2.24, 2.45) is 0 Å². The fourth-order valence-electron chi connectivity index (χ4n) is 2.91. The third-order valence-corrected chi connectivity index (χ3v) is 5.74. The van der Waals surface area contributed by atoms with Crippen molar-refractivity contribution >= 4 is 52.4 Å². The van der Waals surface area contributed by atoms with Crippen molar-refractivity contribution in [1.82, 2.24) is 5.32 Å². The van der Waals surface area contributed by atoms with Crippen molar-refractivity contribution in [3.63, 3.8) is 0 Å². The van der Waals surface area contributed by atoms with Crippen LogP contribution in [0.15, 0.2) is 70.5 Å². The molecule has 136 valence electrons. The molecule has 0 saturated heterocycles. The average Bonchev–Trinajstić information content (AvgIpc) is 2.65. The smallest absolute Gasteiger partial charge is 0.326 e. The second-order valence-corrected chi connectivity index (χ2v) is 7.87. The van der Waals surface area contributed by atoms with Gasteiger partial charge in [-0.3, -0.25) is 4.90 Å². The molecule has 0 bridgehead atoms. The van der Waals surface area contributed by atoms with E-state index < -0.39 is 0 Å². The summed E-state index contributed by atoms with van der Waals surface area (Å²) in [7, 11) is 0. The first-order valence-corrected chi connectivity index (χ1v) is 9.68. The fraction of sp³-hybridized carbons (Fsp3) is 0.0500. The largest absolute Gasteiger partial charge is 0.333 e. The molecule has 3 nitrogen and oxygen atoms in total. The molecular weight excluding hydrogens is 406 g/mol. The van der Waals surface area contributed by atoms with E-state index in [1.165, 1.54) is 28.8 Å². The lowest BCUT2D eigenvalue weighted by molar-refractivity contribution is 0.247. The van der Waals surface area contributed by atoms with Crippen molar-refractivity contribution < 1.29 is 9.18 Å². The number of fused-ring (bicyclic) bond motifs is 1. The molecular formula is C20H13Cl2FN2OS. The highest BCUT2D eigenvalue weighted by atomic mass is 35.5. The number of urea groups is 1. The monoisotopic (exact) mass is 418 g/mol. The number of hydrogen-bond donors (Lipinski definition) is 1. The van der Waals surface area contributed by atoms with E-state index in [4.69, 9.17) is 23.2 Å². The Morgan fingerprint density at radius 1 is 0.963 bits per heavy atom. The van der Waals surface area contributed by atoms with Gasteiger partial charge in [0.1, 0.15) is 5.82 Å². The van der Waals surface area contributed by atoms with E-state index in [0.717, 1.165) is 21.0 Å². The van der Waals surface area contributed by atoms with Crippen LogP contribution >= 0.6 is 35.0 Å². The van der Waals surface area contributed by atoms with Crippen LogP contribution in [0.1, 0.15) is 5.56 Å². The number of anilines is 2. The van der Waals surface area contributed by atoms with E-state index in [1.807, 2.05) is 18.2 Å². The van der Waals surface area contributed by atoms with Gasteiger partial charge in [0.15, 0.2) is 0 Å². The minimum atomic E-state index is -0.281. The number of amides is 2. The summed E-state index contributed by atoms with van der Waals surface area (Å²) in [6, 6.07) is 17.0. The Hall–Kier alpha value is -2.21. The summed E-state index contributed by atoms with van der Waals surface area (Å²) in [5.41, 5.74) is 2.13. The Balaban J connectivity index is 1.71. The van der Waals surface area contributed by atoms with Crippen LogP contribution in [-0.2, 0) is 6.54 Å². The molecule has 0 atom stereocenters. The zero-order chi connectivity index (χ0) is 19.0. The third-order valence-electron chi connectivity index (χ3n) is 4.14. The molecule has 3 aromatic rings. The molecule has 1 aliphatic rings. The van der Waals surface area contributed by atoms with Gasteiger partial charge in [-0.05, 0) is 60.2 Å². The van der Waals surface area contributed by atoms with Crippen LogP contribution < -0.4 is 10.2 Å². The van der Waals surface area contributed by atoms with E-state index in [-0.39, 0.29) is 11.8 Å². The molecule has 0 spiro atoms. The van der Waals surface area contributed by atoms with Crippen molar-refractivity contribution in [2.75, 3.05) is 4.90 Å². The number of carbonyl (C=O) groups is 1. The normalized spacial score (nSPS) is 13.3. The lowest BCUT2D eigenvalue weighted by Gasteiger charge is -2.31. The molecule has 3 aromatic carbocycles. The van der Waals surface area contributed by atoms with Gasteiger partial charge in [0, 0.05) is 16.3 Å². The quantitative estimate of drug-likeness (QED) is 0.516. The Morgan fingerprint density at radius 3 is 2.33 bits per heavy atom. The Morgan fingerprint density at radius 2 is 1.63 bits per heavy atom. The van der Waals surface area contributed by atoms with E-state index in [9.17, 15) is 9.18 Å². The first-order chi connectivity index (χ1) is 13.0. The van der Waals surface area contributed by atoms with Crippen LogP contribution in [0.25, 0.3) is 0 Å². The summed E-state index contributed by atoms with van der Waals surface area (Å²) < 4.78 is 13.1. The van der Waals surface area contributed by atoms with Crippen molar-refractivity contribution in [3.8, 4) is 0 Å². The number of carbonyl (C=O) groups excluding carboxylic acids is 1. The summed E-state index contributed by atoms with van der Waals surface area (Å²) in [6.45, 7) is 0.407. The van der Waals surface area contributed by atoms with Gasteiger partial charge in [-0.15, -0.1) is 0 Å². The van der Waals surface area contributed by atoms with Gasteiger partial charge in [-0.1, -0.05) is 41.0 Å². The molecule has 0 radical (unpaired) electrons. The number of nitrogens with one attached hydrogen (secondary N) is 1. The minimum absolute atomic E-state index is 0.264. The van der Waals surface area contributed by atoms with Gasteiger partial charge in [-0.2, -0.15) is 0 Å². The summed E-state index contributed by atoms with van der Waals surface area (Å²) in [5.74, 6) is -0.264.